The summed E-state index contributed by atoms with van der Waals surface area (Å²) >= 11 is 0. The van der Waals surface area contributed by atoms with Gasteiger partial charge in [0.05, 0.1) is 5.60 Å². The van der Waals surface area contributed by atoms with Crippen LogP contribution in [0.25, 0.3) is 0 Å². The van der Waals surface area contributed by atoms with Crippen molar-refractivity contribution in [3.8, 4) is 0 Å². The lowest BCUT2D eigenvalue weighted by atomic mass is 9.87. The van der Waals surface area contributed by atoms with E-state index < -0.39 is 17.2 Å². The van der Waals surface area contributed by atoms with Gasteiger partial charge in [0.2, 0.25) is 0 Å². The van der Waals surface area contributed by atoms with Gasteiger partial charge in [-0.25, -0.2) is 8.78 Å². The van der Waals surface area contributed by atoms with Crippen LogP contribution in [0.4, 0.5) is 8.78 Å². The van der Waals surface area contributed by atoms with Crippen molar-refractivity contribution in [3.05, 3.63) is 35.4 Å². The maximum Gasteiger partial charge on any atom is 0.129 e. The van der Waals surface area contributed by atoms with Crippen LogP contribution in [-0.4, -0.2) is 23.9 Å². The normalized spacial score (nSPS) is 25.6. The van der Waals surface area contributed by atoms with Crippen LogP contribution in [0.3, 0.4) is 0 Å². The van der Waals surface area contributed by atoms with Crippen LogP contribution in [0, 0.1) is 11.6 Å². The minimum absolute atomic E-state index is 0.211. The van der Waals surface area contributed by atoms with Gasteiger partial charge < -0.3 is 9.84 Å². The van der Waals surface area contributed by atoms with Gasteiger partial charge in [0, 0.05) is 25.7 Å². The fraction of sp³-hybridized carbons (Fsp3) is 0.538. The van der Waals surface area contributed by atoms with E-state index in [9.17, 15) is 13.9 Å². The minimum atomic E-state index is -0.935. The van der Waals surface area contributed by atoms with E-state index in [0.29, 0.717) is 31.6 Å². The highest BCUT2D eigenvalue weighted by molar-refractivity contribution is 5.20. The van der Waals surface area contributed by atoms with Crippen molar-refractivity contribution in [2.24, 2.45) is 0 Å². The maximum absolute atomic E-state index is 13.5. The van der Waals surface area contributed by atoms with Crippen LogP contribution in [0.15, 0.2) is 18.2 Å². The molecule has 0 saturated carbocycles. The van der Waals surface area contributed by atoms with Crippen molar-refractivity contribution in [3.63, 3.8) is 0 Å². The maximum atomic E-state index is 13.5. The number of benzene rings is 1. The van der Waals surface area contributed by atoms with Crippen molar-refractivity contribution in [2.75, 3.05) is 13.2 Å². The predicted molar refractivity (Wildman–Crippen MR) is 59.7 cm³/mol. The third kappa shape index (κ3) is 3.23. The zero-order chi connectivity index (χ0) is 12.3. The fourth-order valence-electron chi connectivity index (χ4n) is 2.19. The zero-order valence-electron chi connectivity index (χ0n) is 9.59. The molecule has 1 aromatic rings. The first-order valence-electron chi connectivity index (χ1n) is 5.83. The van der Waals surface area contributed by atoms with E-state index in [0.717, 1.165) is 12.5 Å². The molecule has 0 amide bonds. The lowest BCUT2D eigenvalue weighted by Crippen LogP contribution is -2.32. The Labute approximate surface area is 99.2 Å². The van der Waals surface area contributed by atoms with Crippen molar-refractivity contribution < 1.29 is 18.6 Å². The quantitative estimate of drug-likeness (QED) is 0.863. The van der Waals surface area contributed by atoms with Crippen LogP contribution in [0.2, 0.25) is 0 Å². The third-order valence-corrected chi connectivity index (χ3v) is 3.18. The molecule has 17 heavy (non-hydrogen) atoms. The van der Waals surface area contributed by atoms with Gasteiger partial charge in [-0.2, -0.15) is 0 Å². The smallest absolute Gasteiger partial charge is 0.129 e. The Morgan fingerprint density at radius 3 is 2.82 bits per heavy atom. The van der Waals surface area contributed by atoms with Crippen LogP contribution in [0.5, 0.6) is 0 Å². The van der Waals surface area contributed by atoms with E-state index in [1.165, 1.54) is 12.1 Å². The van der Waals surface area contributed by atoms with E-state index in [2.05, 4.69) is 0 Å². The SMILES string of the molecule is OC1(Cc2ccc(F)cc2F)CCCOCC1. The number of hydrogen-bond acceptors (Lipinski definition) is 2. The first-order chi connectivity index (χ1) is 8.09. The molecule has 1 N–H and O–H groups in total. The Bertz CT molecular complexity index is 385. The zero-order valence-corrected chi connectivity index (χ0v) is 9.59. The highest BCUT2D eigenvalue weighted by Gasteiger charge is 2.29. The first kappa shape index (κ1) is 12.5. The van der Waals surface area contributed by atoms with Gasteiger partial charge in [-0.3, -0.25) is 0 Å². The summed E-state index contributed by atoms with van der Waals surface area (Å²) in [6.45, 7) is 1.12. The van der Waals surface area contributed by atoms with Gasteiger partial charge in [-0.05, 0) is 30.9 Å². The molecule has 0 bridgehead atoms. The Kier molecular flexibility index (Phi) is 3.74. The van der Waals surface area contributed by atoms with Crippen molar-refractivity contribution in [1.82, 2.24) is 0 Å². The number of ether oxygens (including phenoxy) is 1. The largest absolute Gasteiger partial charge is 0.389 e. The molecule has 1 saturated heterocycles. The summed E-state index contributed by atoms with van der Waals surface area (Å²) in [6, 6.07) is 3.47. The van der Waals surface area contributed by atoms with Gasteiger partial charge in [-0.1, -0.05) is 6.07 Å². The Balaban J connectivity index is 2.12. The Morgan fingerprint density at radius 2 is 2.06 bits per heavy atom. The summed E-state index contributed by atoms with van der Waals surface area (Å²) in [7, 11) is 0. The predicted octanol–water partition coefficient (Wildman–Crippen LogP) is 2.44. The molecular weight excluding hydrogens is 226 g/mol. The Morgan fingerprint density at radius 1 is 1.24 bits per heavy atom. The summed E-state index contributed by atoms with van der Waals surface area (Å²) in [5, 5.41) is 10.4. The van der Waals surface area contributed by atoms with E-state index in [1.54, 1.807) is 0 Å². The highest BCUT2D eigenvalue weighted by atomic mass is 19.1. The summed E-state index contributed by atoms with van der Waals surface area (Å²) in [5.41, 5.74) is -0.578. The second-order valence-corrected chi connectivity index (χ2v) is 4.60. The molecule has 0 radical (unpaired) electrons. The second kappa shape index (κ2) is 5.10. The molecule has 2 nitrogen and oxygen atoms in total. The summed E-state index contributed by atoms with van der Waals surface area (Å²) < 4.78 is 31.5. The van der Waals surface area contributed by atoms with Crippen LogP contribution < -0.4 is 0 Å². The molecule has 1 atom stereocenters. The summed E-state index contributed by atoms with van der Waals surface area (Å²) in [6.07, 6.45) is 2.05. The lowest BCUT2D eigenvalue weighted by Gasteiger charge is -2.26. The Hall–Kier alpha value is -1.00. The van der Waals surface area contributed by atoms with Crippen LogP contribution in [0.1, 0.15) is 24.8 Å². The molecule has 0 aromatic heterocycles. The molecule has 1 aliphatic heterocycles. The average Bonchev–Trinajstić information content (AvgIpc) is 2.48. The van der Waals surface area contributed by atoms with Gasteiger partial charge in [0.15, 0.2) is 0 Å². The van der Waals surface area contributed by atoms with E-state index in [4.69, 9.17) is 4.74 Å². The molecule has 0 spiro atoms. The van der Waals surface area contributed by atoms with Gasteiger partial charge >= 0.3 is 0 Å². The second-order valence-electron chi connectivity index (χ2n) is 4.60. The monoisotopic (exact) mass is 242 g/mol. The summed E-state index contributed by atoms with van der Waals surface area (Å²) in [4.78, 5) is 0. The molecule has 1 heterocycles. The third-order valence-electron chi connectivity index (χ3n) is 3.18. The standard InChI is InChI=1S/C13H16F2O2/c14-11-3-2-10(12(15)8-11)9-13(16)4-1-6-17-7-5-13/h2-3,8,16H,1,4-7,9H2. The molecule has 1 fully saturated rings. The number of halogens is 2. The molecule has 94 valence electrons. The number of hydrogen-bond donors (Lipinski definition) is 1. The number of rotatable bonds is 2. The molecule has 1 aromatic carbocycles. The van der Waals surface area contributed by atoms with Crippen molar-refractivity contribution >= 4 is 0 Å². The lowest BCUT2D eigenvalue weighted by molar-refractivity contribution is 0.0181. The van der Waals surface area contributed by atoms with Crippen molar-refractivity contribution in [1.29, 1.82) is 0 Å². The van der Waals surface area contributed by atoms with E-state index >= 15 is 0 Å². The average molecular weight is 242 g/mol. The van der Waals surface area contributed by atoms with Gasteiger partial charge in [0.25, 0.3) is 0 Å². The molecule has 1 unspecified atom stereocenters. The molecule has 4 heteroatoms. The topological polar surface area (TPSA) is 29.5 Å². The van der Waals surface area contributed by atoms with Gasteiger partial charge in [0.1, 0.15) is 11.6 Å². The number of aliphatic hydroxyl groups is 1. The molecule has 1 aliphatic rings. The fourth-order valence-corrected chi connectivity index (χ4v) is 2.19. The first-order valence-corrected chi connectivity index (χ1v) is 5.83. The molecular formula is C13H16F2O2. The van der Waals surface area contributed by atoms with Crippen molar-refractivity contribution in [2.45, 2.75) is 31.3 Å². The molecule has 0 aliphatic carbocycles. The van der Waals surface area contributed by atoms with E-state index in [1.807, 2.05) is 0 Å². The van der Waals surface area contributed by atoms with Crippen LogP contribution >= 0.6 is 0 Å². The highest BCUT2D eigenvalue weighted by Crippen LogP contribution is 2.26. The summed E-state index contributed by atoms with van der Waals surface area (Å²) in [5.74, 6) is -1.19. The molecule has 2 rings (SSSR count). The van der Waals surface area contributed by atoms with Gasteiger partial charge in [-0.15, -0.1) is 0 Å². The van der Waals surface area contributed by atoms with E-state index in [-0.39, 0.29) is 6.42 Å². The van der Waals surface area contributed by atoms with Crippen LogP contribution in [-0.2, 0) is 11.2 Å². The minimum Gasteiger partial charge on any atom is -0.389 e.